The van der Waals surface area contributed by atoms with Gasteiger partial charge in [-0.1, -0.05) is 6.07 Å². The van der Waals surface area contributed by atoms with Gasteiger partial charge in [0.25, 0.3) is 5.56 Å². The van der Waals surface area contributed by atoms with Crippen LogP contribution in [0.5, 0.6) is 0 Å². The summed E-state index contributed by atoms with van der Waals surface area (Å²) < 4.78 is 8.16. The molecule has 1 aliphatic heterocycles. The quantitative estimate of drug-likeness (QED) is 0.684. The van der Waals surface area contributed by atoms with Crippen LogP contribution in [0.15, 0.2) is 29.2 Å². The minimum Gasteiger partial charge on any atom is -0.378 e. The third kappa shape index (κ3) is 3.20. The molecule has 28 heavy (non-hydrogen) atoms. The molecule has 0 atom stereocenters. The van der Waals surface area contributed by atoms with E-state index in [0.29, 0.717) is 42.9 Å². The Morgan fingerprint density at radius 3 is 2.61 bits per heavy atom. The summed E-state index contributed by atoms with van der Waals surface area (Å²) in [5, 5.41) is 9.46. The molecule has 0 unspecified atom stereocenters. The van der Waals surface area contributed by atoms with E-state index in [1.54, 1.807) is 15.8 Å². The third-order valence-corrected chi connectivity index (χ3v) is 5.25. The van der Waals surface area contributed by atoms with Gasteiger partial charge in [-0.25, -0.2) is 9.36 Å². The summed E-state index contributed by atoms with van der Waals surface area (Å²) in [6, 6.07) is 5.94. The molecule has 8 nitrogen and oxygen atoms in total. The van der Waals surface area contributed by atoms with Gasteiger partial charge < -0.3 is 9.64 Å². The molecular weight excluding hydrogens is 358 g/mol. The molecule has 8 heteroatoms. The van der Waals surface area contributed by atoms with Gasteiger partial charge >= 0.3 is 0 Å². The van der Waals surface area contributed by atoms with Crippen LogP contribution in [-0.2, 0) is 16.1 Å². The van der Waals surface area contributed by atoms with E-state index in [4.69, 9.17) is 4.74 Å². The number of amides is 1. The predicted molar refractivity (Wildman–Crippen MR) is 105 cm³/mol. The van der Waals surface area contributed by atoms with Crippen molar-refractivity contribution in [1.29, 1.82) is 0 Å². The van der Waals surface area contributed by atoms with E-state index in [1.807, 2.05) is 39.0 Å². The second-order valence-electron chi connectivity index (χ2n) is 7.13. The van der Waals surface area contributed by atoms with E-state index >= 15 is 0 Å². The summed E-state index contributed by atoms with van der Waals surface area (Å²) >= 11 is 0. The largest absolute Gasteiger partial charge is 0.378 e. The molecule has 0 N–H and O–H groups in total. The van der Waals surface area contributed by atoms with Gasteiger partial charge in [0.1, 0.15) is 12.1 Å². The number of aryl methyl sites for hydroxylation is 3. The maximum Gasteiger partial charge on any atom is 0.293 e. The number of rotatable bonds is 3. The molecule has 0 saturated carbocycles. The summed E-state index contributed by atoms with van der Waals surface area (Å²) in [5.74, 6) is -0.131. The monoisotopic (exact) mass is 381 g/mol. The standard InChI is InChI=1S/C20H23N5O3/c1-13-4-5-16(10-14(13)2)25-19-17(11-21-25)15(3)22-24(20(19)27)12-18(26)23-6-8-28-9-7-23/h4-5,10-11H,6-9,12H2,1-3H3. The summed E-state index contributed by atoms with van der Waals surface area (Å²) in [5.41, 5.74) is 3.89. The Bertz CT molecular complexity index is 1110. The van der Waals surface area contributed by atoms with E-state index in [2.05, 4.69) is 10.2 Å². The summed E-state index contributed by atoms with van der Waals surface area (Å²) in [7, 11) is 0. The van der Waals surface area contributed by atoms with Gasteiger partial charge in [0.05, 0.1) is 30.8 Å². The fourth-order valence-electron chi connectivity index (χ4n) is 3.42. The van der Waals surface area contributed by atoms with E-state index in [-0.39, 0.29) is 18.0 Å². The van der Waals surface area contributed by atoms with Crippen LogP contribution in [0, 0.1) is 20.8 Å². The molecule has 3 heterocycles. The molecule has 0 radical (unpaired) electrons. The molecule has 2 aromatic heterocycles. The van der Waals surface area contributed by atoms with Gasteiger partial charge in [0.15, 0.2) is 0 Å². The molecule has 0 spiro atoms. The average molecular weight is 381 g/mol. The fraction of sp³-hybridized carbons (Fsp3) is 0.400. The summed E-state index contributed by atoms with van der Waals surface area (Å²) in [6.45, 7) is 7.91. The van der Waals surface area contributed by atoms with E-state index in [9.17, 15) is 9.59 Å². The Kier molecular flexibility index (Phi) is 4.72. The highest BCUT2D eigenvalue weighted by atomic mass is 16.5. The van der Waals surface area contributed by atoms with Gasteiger partial charge in [-0.15, -0.1) is 0 Å². The zero-order chi connectivity index (χ0) is 19.8. The van der Waals surface area contributed by atoms with E-state index in [0.717, 1.165) is 11.3 Å². The number of ether oxygens (including phenoxy) is 1. The topological polar surface area (TPSA) is 82.2 Å². The first kappa shape index (κ1) is 18.4. The Morgan fingerprint density at radius 2 is 1.89 bits per heavy atom. The summed E-state index contributed by atoms with van der Waals surface area (Å²) in [6.07, 6.45) is 1.66. The van der Waals surface area contributed by atoms with Crippen LogP contribution in [0.2, 0.25) is 0 Å². The lowest BCUT2D eigenvalue weighted by molar-refractivity contribution is -0.136. The van der Waals surface area contributed by atoms with Gasteiger partial charge in [-0.2, -0.15) is 10.2 Å². The second kappa shape index (κ2) is 7.20. The van der Waals surface area contributed by atoms with Crippen molar-refractivity contribution in [3.8, 4) is 5.69 Å². The smallest absolute Gasteiger partial charge is 0.293 e. The highest BCUT2D eigenvalue weighted by Gasteiger charge is 2.21. The number of fused-ring (bicyclic) bond motifs is 1. The minimum atomic E-state index is -0.321. The third-order valence-electron chi connectivity index (χ3n) is 5.25. The number of carbonyl (C=O) groups excluding carboxylic acids is 1. The number of hydrogen-bond acceptors (Lipinski definition) is 5. The number of benzene rings is 1. The Hall–Kier alpha value is -3.00. The van der Waals surface area contributed by atoms with Crippen LogP contribution in [-0.4, -0.2) is 56.7 Å². The summed E-state index contributed by atoms with van der Waals surface area (Å²) in [4.78, 5) is 27.4. The van der Waals surface area contributed by atoms with Crippen molar-refractivity contribution >= 4 is 16.8 Å². The minimum absolute atomic E-state index is 0.0896. The number of aromatic nitrogens is 4. The predicted octanol–water partition coefficient (Wildman–Crippen LogP) is 1.37. The van der Waals surface area contributed by atoms with Crippen molar-refractivity contribution in [3.63, 3.8) is 0 Å². The van der Waals surface area contributed by atoms with Crippen LogP contribution in [0.1, 0.15) is 16.8 Å². The Morgan fingerprint density at radius 1 is 1.14 bits per heavy atom. The number of hydrogen-bond donors (Lipinski definition) is 0. The molecule has 0 aliphatic carbocycles. The van der Waals surface area contributed by atoms with Crippen molar-refractivity contribution < 1.29 is 9.53 Å². The van der Waals surface area contributed by atoms with Gasteiger partial charge in [0, 0.05) is 18.5 Å². The van der Waals surface area contributed by atoms with Crippen molar-refractivity contribution in [2.45, 2.75) is 27.3 Å². The average Bonchev–Trinajstić information content (AvgIpc) is 3.14. The molecule has 4 rings (SSSR count). The van der Waals surface area contributed by atoms with Crippen LogP contribution < -0.4 is 5.56 Å². The Balaban J connectivity index is 1.77. The van der Waals surface area contributed by atoms with Gasteiger partial charge in [-0.05, 0) is 44.0 Å². The molecule has 1 aliphatic rings. The lowest BCUT2D eigenvalue weighted by atomic mass is 10.1. The van der Waals surface area contributed by atoms with Crippen LogP contribution in [0.4, 0.5) is 0 Å². The van der Waals surface area contributed by atoms with Crippen LogP contribution >= 0.6 is 0 Å². The normalized spacial score (nSPS) is 14.6. The van der Waals surface area contributed by atoms with E-state index in [1.165, 1.54) is 10.2 Å². The number of nitrogens with zero attached hydrogens (tertiary/aromatic N) is 5. The number of carbonyl (C=O) groups is 1. The molecule has 3 aromatic rings. The molecule has 146 valence electrons. The first-order chi connectivity index (χ1) is 13.5. The first-order valence-electron chi connectivity index (χ1n) is 9.34. The fourth-order valence-corrected chi connectivity index (χ4v) is 3.42. The first-order valence-corrected chi connectivity index (χ1v) is 9.34. The van der Waals surface area contributed by atoms with Crippen molar-refractivity contribution in [1.82, 2.24) is 24.5 Å². The maximum absolute atomic E-state index is 13.2. The lowest BCUT2D eigenvalue weighted by Crippen LogP contribution is -2.44. The van der Waals surface area contributed by atoms with Gasteiger partial charge in [0.2, 0.25) is 5.91 Å². The van der Waals surface area contributed by atoms with Gasteiger partial charge in [-0.3, -0.25) is 9.59 Å². The molecule has 0 bridgehead atoms. The second-order valence-corrected chi connectivity index (χ2v) is 7.13. The SMILES string of the molecule is Cc1ccc(-n2ncc3c(C)nn(CC(=O)N4CCOCC4)c(=O)c32)cc1C. The van der Waals surface area contributed by atoms with Crippen LogP contribution in [0.3, 0.4) is 0 Å². The van der Waals surface area contributed by atoms with Crippen molar-refractivity contribution in [2.24, 2.45) is 0 Å². The molecule has 1 fully saturated rings. The molecule has 1 amide bonds. The zero-order valence-corrected chi connectivity index (χ0v) is 16.3. The number of morpholine rings is 1. The zero-order valence-electron chi connectivity index (χ0n) is 16.3. The molecule has 1 aromatic carbocycles. The lowest BCUT2D eigenvalue weighted by Gasteiger charge is -2.26. The molecule has 1 saturated heterocycles. The molecular formula is C20H23N5O3. The maximum atomic E-state index is 13.2. The van der Waals surface area contributed by atoms with Crippen molar-refractivity contribution in [2.75, 3.05) is 26.3 Å². The van der Waals surface area contributed by atoms with E-state index < -0.39 is 0 Å². The van der Waals surface area contributed by atoms with Crippen LogP contribution in [0.25, 0.3) is 16.6 Å². The highest BCUT2D eigenvalue weighted by Crippen LogP contribution is 2.19. The Labute approximate surface area is 162 Å². The van der Waals surface area contributed by atoms with Crippen molar-refractivity contribution in [3.05, 3.63) is 51.6 Å². The highest BCUT2D eigenvalue weighted by molar-refractivity contribution is 5.82.